The van der Waals surface area contributed by atoms with Gasteiger partial charge in [0.2, 0.25) is 11.8 Å². The molecular formula is C30H24Cl2N2O5. The van der Waals surface area contributed by atoms with Crippen LogP contribution in [0.15, 0.2) is 72.8 Å². The minimum Gasteiger partial charge on any atom is -0.452 e. The van der Waals surface area contributed by atoms with E-state index >= 15 is 0 Å². The third kappa shape index (κ3) is 4.60. The summed E-state index contributed by atoms with van der Waals surface area (Å²) in [7, 11) is 0. The molecule has 3 amide bonds. The first kappa shape index (κ1) is 25.6. The van der Waals surface area contributed by atoms with E-state index in [9.17, 15) is 19.2 Å². The summed E-state index contributed by atoms with van der Waals surface area (Å²) < 4.78 is 5.12. The summed E-state index contributed by atoms with van der Waals surface area (Å²) in [5.74, 6) is -1.52. The van der Waals surface area contributed by atoms with Gasteiger partial charge in [-0.2, -0.15) is 0 Å². The van der Waals surface area contributed by atoms with Crippen molar-refractivity contribution in [2.75, 3.05) is 16.8 Å². The maximum Gasteiger partial charge on any atom is 0.338 e. The molecule has 5 atom stereocenters. The van der Waals surface area contributed by atoms with Gasteiger partial charge in [0, 0.05) is 5.02 Å². The van der Waals surface area contributed by atoms with Gasteiger partial charge in [0.1, 0.15) is 0 Å². The van der Waals surface area contributed by atoms with Gasteiger partial charge < -0.3 is 10.1 Å². The van der Waals surface area contributed by atoms with Crippen LogP contribution in [0.2, 0.25) is 10.0 Å². The van der Waals surface area contributed by atoms with Gasteiger partial charge in [-0.3, -0.25) is 19.3 Å². The minimum atomic E-state index is -0.710. The lowest BCUT2D eigenvalue weighted by atomic mass is 9.73. The molecule has 0 radical (unpaired) electrons. The average molecular weight is 563 g/mol. The van der Waals surface area contributed by atoms with Crippen LogP contribution in [0.4, 0.5) is 11.4 Å². The first-order valence-electron chi connectivity index (χ1n) is 12.8. The van der Waals surface area contributed by atoms with Crippen LogP contribution in [0.3, 0.4) is 0 Å². The number of carbonyl (C=O) groups excluding carboxylic acids is 4. The fourth-order valence-corrected chi connectivity index (χ4v) is 6.99. The fraction of sp³-hybridized carbons (Fsp3) is 0.267. The predicted octanol–water partition coefficient (Wildman–Crippen LogP) is 5.72. The lowest BCUT2D eigenvalue weighted by Crippen LogP contribution is -2.33. The Morgan fingerprint density at radius 1 is 0.897 bits per heavy atom. The largest absolute Gasteiger partial charge is 0.452 e. The predicted molar refractivity (Wildman–Crippen MR) is 147 cm³/mol. The van der Waals surface area contributed by atoms with Crippen LogP contribution in [0.5, 0.6) is 0 Å². The van der Waals surface area contributed by atoms with Gasteiger partial charge in [0.15, 0.2) is 6.61 Å². The highest BCUT2D eigenvalue weighted by molar-refractivity contribution is 6.36. The molecule has 39 heavy (non-hydrogen) atoms. The molecule has 2 aliphatic carbocycles. The lowest BCUT2D eigenvalue weighted by Gasteiger charge is -2.28. The highest BCUT2D eigenvalue weighted by Gasteiger charge is 2.64. The van der Waals surface area contributed by atoms with E-state index in [1.54, 1.807) is 24.3 Å². The number of hydrogen-bond donors (Lipinski definition) is 1. The molecule has 0 unspecified atom stereocenters. The molecule has 7 nitrogen and oxygen atoms in total. The van der Waals surface area contributed by atoms with Gasteiger partial charge in [-0.15, -0.1) is 0 Å². The van der Waals surface area contributed by atoms with E-state index in [0.717, 1.165) is 12.8 Å². The number of anilines is 2. The summed E-state index contributed by atoms with van der Waals surface area (Å²) >= 11 is 11.9. The van der Waals surface area contributed by atoms with Crippen LogP contribution >= 0.6 is 23.2 Å². The van der Waals surface area contributed by atoms with E-state index in [1.807, 2.05) is 18.2 Å². The smallest absolute Gasteiger partial charge is 0.338 e. The van der Waals surface area contributed by atoms with Crippen LogP contribution in [0, 0.1) is 23.7 Å². The minimum absolute atomic E-state index is 0.156. The van der Waals surface area contributed by atoms with Gasteiger partial charge in [0.25, 0.3) is 5.91 Å². The number of benzene rings is 3. The Kier molecular flexibility index (Phi) is 6.65. The number of fused-ring (bicyclic) bond motifs is 5. The van der Waals surface area contributed by atoms with Crippen LogP contribution in [0.25, 0.3) is 0 Å². The number of nitrogens with zero attached hydrogens (tertiary/aromatic N) is 1. The summed E-state index contributed by atoms with van der Waals surface area (Å²) in [5, 5.41) is 3.25. The van der Waals surface area contributed by atoms with Crippen molar-refractivity contribution in [1.29, 1.82) is 0 Å². The topological polar surface area (TPSA) is 92.8 Å². The Labute approximate surface area is 235 Å². The quantitative estimate of drug-likeness (QED) is 0.306. The molecule has 198 valence electrons. The Balaban J connectivity index is 1.10. The van der Waals surface area contributed by atoms with Crippen LogP contribution < -0.4 is 10.2 Å². The first-order chi connectivity index (χ1) is 18.8. The molecule has 6 rings (SSSR count). The third-order valence-electron chi connectivity index (χ3n) is 8.14. The maximum atomic E-state index is 13.5. The number of imide groups is 1. The average Bonchev–Trinajstić information content (AvgIpc) is 3.61. The second-order valence-corrected chi connectivity index (χ2v) is 11.1. The zero-order valence-electron chi connectivity index (χ0n) is 20.7. The van der Waals surface area contributed by atoms with Gasteiger partial charge in [-0.05, 0) is 78.6 Å². The van der Waals surface area contributed by atoms with Crippen molar-refractivity contribution >= 4 is 58.3 Å². The standard InChI is InChI=1S/C30H24Cl2N2O5/c31-19-8-11-24(23(32)14-19)33-25(35)15-39-30(38)17-6-9-20(10-7-17)34-28(36)26-18-12-21(16-4-2-1-3-5-16)22(13-18)27(26)29(34)37/h1-11,14,18,21-22,26-27H,12-13,15H2,(H,33,35)/t18-,21-,22+,26+,27-/m0/s1. The molecule has 0 aromatic heterocycles. The van der Waals surface area contributed by atoms with E-state index < -0.39 is 18.5 Å². The number of esters is 1. The number of amides is 3. The second-order valence-electron chi connectivity index (χ2n) is 10.3. The Bertz CT molecular complexity index is 1480. The molecule has 9 heteroatoms. The second kappa shape index (κ2) is 10.1. The number of nitrogens with one attached hydrogen (secondary N) is 1. The highest BCUT2D eigenvalue weighted by Crippen LogP contribution is 2.61. The van der Waals surface area contributed by atoms with Gasteiger partial charge >= 0.3 is 5.97 Å². The maximum absolute atomic E-state index is 13.5. The van der Waals surface area contributed by atoms with Crippen molar-refractivity contribution in [2.24, 2.45) is 23.7 Å². The van der Waals surface area contributed by atoms with Crippen LogP contribution in [0.1, 0.15) is 34.7 Å². The summed E-state index contributed by atoms with van der Waals surface area (Å²) in [6.45, 7) is -0.517. The molecule has 1 aliphatic heterocycles. The zero-order valence-corrected chi connectivity index (χ0v) is 22.2. The molecule has 2 bridgehead atoms. The molecule has 3 aliphatic rings. The summed E-state index contributed by atoms with van der Waals surface area (Å²) in [5.41, 5.74) is 2.20. The number of rotatable bonds is 6. The number of carbonyl (C=O) groups is 4. The molecule has 1 saturated heterocycles. The lowest BCUT2D eigenvalue weighted by molar-refractivity contribution is -0.123. The first-order valence-corrected chi connectivity index (χ1v) is 13.5. The fourth-order valence-electron chi connectivity index (χ4n) is 6.54. The van der Waals surface area contributed by atoms with E-state index in [-0.39, 0.29) is 46.1 Å². The number of hydrogen-bond acceptors (Lipinski definition) is 5. The molecule has 1 N–H and O–H groups in total. The highest BCUT2D eigenvalue weighted by atomic mass is 35.5. The molecule has 1 heterocycles. The number of ether oxygens (including phenoxy) is 1. The van der Waals surface area contributed by atoms with Gasteiger partial charge in [-0.25, -0.2) is 4.79 Å². The normalized spacial score (nSPS) is 25.1. The van der Waals surface area contributed by atoms with Gasteiger partial charge in [0.05, 0.1) is 33.8 Å². The van der Waals surface area contributed by atoms with E-state index in [2.05, 4.69) is 17.4 Å². The summed E-state index contributed by atoms with van der Waals surface area (Å²) in [4.78, 5) is 52.9. The number of halogens is 2. The van der Waals surface area contributed by atoms with Crippen molar-refractivity contribution in [3.05, 3.63) is 94.0 Å². The summed E-state index contributed by atoms with van der Waals surface area (Å²) in [6, 6.07) is 20.9. The van der Waals surface area contributed by atoms with E-state index in [1.165, 1.54) is 28.7 Å². The molecule has 0 spiro atoms. The van der Waals surface area contributed by atoms with Crippen molar-refractivity contribution < 1.29 is 23.9 Å². The van der Waals surface area contributed by atoms with E-state index in [4.69, 9.17) is 27.9 Å². The molecule has 3 aromatic carbocycles. The zero-order chi connectivity index (χ0) is 27.3. The Morgan fingerprint density at radius 2 is 1.62 bits per heavy atom. The summed E-state index contributed by atoms with van der Waals surface area (Å²) in [6.07, 6.45) is 1.83. The monoisotopic (exact) mass is 562 g/mol. The van der Waals surface area contributed by atoms with Crippen LogP contribution in [-0.4, -0.2) is 30.3 Å². The van der Waals surface area contributed by atoms with Crippen molar-refractivity contribution in [1.82, 2.24) is 0 Å². The Hall–Kier alpha value is -3.68. The molecule has 3 fully saturated rings. The van der Waals surface area contributed by atoms with Crippen molar-refractivity contribution in [3.8, 4) is 0 Å². The van der Waals surface area contributed by atoms with Crippen molar-refractivity contribution in [2.45, 2.75) is 18.8 Å². The van der Waals surface area contributed by atoms with E-state index in [0.29, 0.717) is 22.3 Å². The molecular weight excluding hydrogens is 539 g/mol. The molecule has 3 aromatic rings. The Morgan fingerprint density at radius 3 is 2.33 bits per heavy atom. The van der Waals surface area contributed by atoms with Gasteiger partial charge in [-0.1, -0.05) is 53.5 Å². The van der Waals surface area contributed by atoms with Crippen LogP contribution in [-0.2, 0) is 19.1 Å². The van der Waals surface area contributed by atoms with Crippen molar-refractivity contribution in [3.63, 3.8) is 0 Å². The third-order valence-corrected chi connectivity index (χ3v) is 8.69. The molecule has 2 saturated carbocycles. The SMILES string of the molecule is O=C(COC(=O)c1ccc(N2C(=O)[C@@H]3[C@@H]4C[C@@H]([C@@H]3C2=O)[C@H](c2ccccc2)C4)cc1)Nc1ccc(Cl)cc1Cl.